The van der Waals surface area contributed by atoms with Crippen LogP contribution in [0.3, 0.4) is 0 Å². The first-order chi connectivity index (χ1) is 14.6. The van der Waals surface area contributed by atoms with Crippen molar-refractivity contribution in [2.75, 3.05) is 19.6 Å². The number of piperidine rings is 1. The fourth-order valence-corrected chi connectivity index (χ4v) is 5.66. The molecule has 1 aliphatic heterocycles. The number of aromatic nitrogens is 1. The minimum absolute atomic E-state index is 0.0227. The molecule has 0 aliphatic carbocycles. The molecule has 1 saturated heterocycles. The molecule has 30 heavy (non-hydrogen) atoms. The van der Waals surface area contributed by atoms with Gasteiger partial charge in [-0.2, -0.15) is 0 Å². The standard InChI is InChI=1S/C22H25N3O3S2/c1-3-23-20(26)15-7-6-10-25(11-15)21(27)19-17(13-30-22-24-14(2)12-29-22)16-8-4-5-9-18(16)28-19/h4-5,8-9,12,15H,3,6-7,10-11,13H2,1-2H3,(H,23,26). The number of amides is 2. The Hall–Kier alpha value is -2.32. The normalized spacial score (nSPS) is 16.7. The van der Waals surface area contributed by atoms with Gasteiger partial charge >= 0.3 is 0 Å². The number of carbonyl (C=O) groups is 2. The van der Waals surface area contributed by atoms with E-state index in [1.165, 1.54) is 0 Å². The third-order valence-corrected chi connectivity index (χ3v) is 7.43. The molecule has 0 spiro atoms. The summed E-state index contributed by atoms with van der Waals surface area (Å²) < 4.78 is 7.01. The molecular weight excluding hydrogens is 418 g/mol. The van der Waals surface area contributed by atoms with Gasteiger partial charge in [0.15, 0.2) is 5.76 Å². The van der Waals surface area contributed by atoms with E-state index in [2.05, 4.69) is 10.3 Å². The van der Waals surface area contributed by atoms with Crippen molar-refractivity contribution in [1.29, 1.82) is 0 Å². The second-order valence-corrected chi connectivity index (χ2v) is 9.51. The molecular formula is C22H25N3O3S2. The predicted octanol–water partition coefficient (Wildman–Crippen LogP) is 4.48. The zero-order valence-corrected chi connectivity index (χ0v) is 18.8. The van der Waals surface area contributed by atoms with Crippen LogP contribution in [0.5, 0.6) is 0 Å². The lowest BCUT2D eigenvalue weighted by Crippen LogP contribution is -2.45. The molecule has 0 bridgehead atoms. The molecule has 8 heteroatoms. The van der Waals surface area contributed by atoms with Gasteiger partial charge < -0.3 is 14.6 Å². The molecule has 1 unspecified atom stereocenters. The Morgan fingerprint density at radius 1 is 1.37 bits per heavy atom. The number of hydrogen-bond donors (Lipinski definition) is 1. The number of benzene rings is 1. The number of aryl methyl sites for hydroxylation is 1. The monoisotopic (exact) mass is 443 g/mol. The van der Waals surface area contributed by atoms with Crippen LogP contribution in [-0.2, 0) is 10.5 Å². The van der Waals surface area contributed by atoms with Gasteiger partial charge in [0.1, 0.15) is 9.92 Å². The van der Waals surface area contributed by atoms with Gasteiger partial charge in [0, 0.05) is 47.4 Å². The number of nitrogens with one attached hydrogen (secondary N) is 1. The Kier molecular flexibility index (Phi) is 6.43. The SMILES string of the molecule is CCNC(=O)C1CCCN(C(=O)c2oc3ccccc3c2CSc2nc(C)cs2)C1. The summed E-state index contributed by atoms with van der Waals surface area (Å²) in [5.74, 6) is 0.718. The van der Waals surface area contributed by atoms with Gasteiger partial charge in [0.25, 0.3) is 5.91 Å². The van der Waals surface area contributed by atoms with Crippen LogP contribution >= 0.6 is 23.1 Å². The molecule has 3 aromatic rings. The molecule has 1 aromatic carbocycles. The van der Waals surface area contributed by atoms with Gasteiger partial charge in [0.2, 0.25) is 5.91 Å². The maximum absolute atomic E-state index is 13.4. The highest BCUT2D eigenvalue weighted by Crippen LogP contribution is 2.34. The van der Waals surface area contributed by atoms with Crippen molar-refractivity contribution in [2.45, 2.75) is 36.8 Å². The number of likely N-dealkylation sites (tertiary alicyclic amines) is 1. The van der Waals surface area contributed by atoms with Crippen LogP contribution in [0, 0.1) is 12.8 Å². The maximum Gasteiger partial charge on any atom is 0.289 e. The Labute approximate surface area is 184 Å². The van der Waals surface area contributed by atoms with E-state index in [9.17, 15) is 9.59 Å². The second kappa shape index (κ2) is 9.22. The molecule has 1 atom stereocenters. The first-order valence-corrected chi connectivity index (χ1v) is 12.1. The van der Waals surface area contributed by atoms with Crippen molar-refractivity contribution in [1.82, 2.24) is 15.2 Å². The van der Waals surface area contributed by atoms with E-state index in [0.717, 1.165) is 33.8 Å². The van der Waals surface area contributed by atoms with E-state index in [0.29, 0.717) is 36.7 Å². The van der Waals surface area contributed by atoms with Gasteiger partial charge in [-0.15, -0.1) is 11.3 Å². The molecule has 6 nitrogen and oxygen atoms in total. The van der Waals surface area contributed by atoms with Gasteiger partial charge in [-0.1, -0.05) is 30.0 Å². The van der Waals surface area contributed by atoms with Crippen LogP contribution in [0.4, 0.5) is 0 Å². The molecule has 2 aromatic heterocycles. The van der Waals surface area contributed by atoms with Crippen molar-refractivity contribution in [3.8, 4) is 0 Å². The Balaban J connectivity index is 1.59. The molecule has 0 radical (unpaired) electrons. The van der Waals surface area contributed by atoms with Crippen LogP contribution in [0.1, 0.15) is 41.6 Å². The minimum atomic E-state index is -0.164. The predicted molar refractivity (Wildman–Crippen MR) is 120 cm³/mol. The summed E-state index contributed by atoms with van der Waals surface area (Å²) in [5.41, 5.74) is 2.61. The van der Waals surface area contributed by atoms with Crippen LogP contribution in [-0.4, -0.2) is 41.3 Å². The average Bonchev–Trinajstić information content (AvgIpc) is 3.35. The Morgan fingerprint density at radius 3 is 2.97 bits per heavy atom. The summed E-state index contributed by atoms with van der Waals surface area (Å²) in [5, 5.41) is 5.86. The highest BCUT2D eigenvalue weighted by Gasteiger charge is 2.32. The largest absolute Gasteiger partial charge is 0.451 e. The number of carbonyl (C=O) groups excluding carboxylic acids is 2. The van der Waals surface area contributed by atoms with E-state index >= 15 is 0 Å². The number of nitrogens with zero attached hydrogens (tertiary/aromatic N) is 2. The number of para-hydroxylation sites is 1. The van der Waals surface area contributed by atoms with Crippen molar-refractivity contribution < 1.29 is 14.0 Å². The van der Waals surface area contributed by atoms with Crippen molar-refractivity contribution in [3.63, 3.8) is 0 Å². The summed E-state index contributed by atoms with van der Waals surface area (Å²) in [4.78, 5) is 32.0. The molecule has 1 N–H and O–H groups in total. The Morgan fingerprint density at radius 2 is 2.20 bits per heavy atom. The van der Waals surface area contributed by atoms with Crippen LogP contribution in [0.2, 0.25) is 0 Å². The molecule has 158 valence electrons. The lowest BCUT2D eigenvalue weighted by Gasteiger charge is -2.31. The van der Waals surface area contributed by atoms with Gasteiger partial charge in [-0.25, -0.2) is 4.98 Å². The first kappa shape index (κ1) is 20.9. The van der Waals surface area contributed by atoms with Crippen LogP contribution < -0.4 is 5.32 Å². The third-order valence-electron chi connectivity index (χ3n) is 5.26. The fraction of sp³-hybridized carbons (Fsp3) is 0.409. The third kappa shape index (κ3) is 4.39. The number of hydrogen-bond acceptors (Lipinski definition) is 6. The highest BCUT2D eigenvalue weighted by atomic mass is 32.2. The maximum atomic E-state index is 13.4. The minimum Gasteiger partial charge on any atom is -0.451 e. The zero-order valence-electron chi connectivity index (χ0n) is 17.1. The average molecular weight is 444 g/mol. The smallest absolute Gasteiger partial charge is 0.289 e. The van der Waals surface area contributed by atoms with Crippen LogP contribution in [0.15, 0.2) is 38.4 Å². The summed E-state index contributed by atoms with van der Waals surface area (Å²) in [6.45, 7) is 5.56. The lowest BCUT2D eigenvalue weighted by molar-refractivity contribution is -0.126. The van der Waals surface area contributed by atoms with Gasteiger partial charge in [-0.3, -0.25) is 9.59 Å². The van der Waals surface area contributed by atoms with Crippen molar-refractivity contribution in [3.05, 3.63) is 46.7 Å². The molecule has 4 rings (SSSR count). The number of thioether (sulfide) groups is 1. The molecule has 1 aliphatic rings. The van der Waals surface area contributed by atoms with E-state index in [4.69, 9.17) is 4.42 Å². The number of thiazole rings is 1. The summed E-state index contributed by atoms with van der Waals surface area (Å²) in [7, 11) is 0. The summed E-state index contributed by atoms with van der Waals surface area (Å²) >= 11 is 3.23. The number of rotatable bonds is 6. The van der Waals surface area contributed by atoms with Gasteiger partial charge in [-0.05, 0) is 32.8 Å². The topological polar surface area (TPSA) is 75.4 Å². The van der Waals surface area contributed by atoms with E-state index in [-0.39, 0.29) is 17.7 Å². The summed E-state index contributed by atoms with van der Waals surface area (Å²) in [6.07, 6.45) is 1.62. The Bertz CT molecular complexity index is 1060. The highest BCUT2D eigenvalue weighted by molar-refractivity contribution is 8.00. The lowest BCUT2D eigenvalue weighted by atomic mass is 9.96. The fourth-order valence-electron chi connectivity index (χ4n) is 3.79. The molecule has 3 heterocycles. The first-order valence-electron chi connectivity index (χ1n) is 10.2. The van der Waals surface area contributed by atoms with E-state index < -0.39 is 0 Å². The van der Waals surface area contributed by atoms with Gasteiger partial charge in [0.05, 0.1) is 5.92 Å². The molecule has 1 fully saturated rings. The second-order valence-electron chi connectivity index (χ2n) is 7.43. The van der Waals surface area contributed by atoms with E-state index in [1.54, 1.807) is 28.0 Å². The quantitative estimate of drug-likeness (QED) is 0.569. The van der Waals surface area contributed by atoms with Crippen molar-refractivity contribution in [2.24, 2.45) is 5.92 Å². The molecule has 2 amide bonds. The van der Waals surface area contributed by atoms with Crippen molar-refractivity contribution >= 4 is 45.9 Å². The zero-order chi connectivity index (χ0) is 21.1. The number of furan rings is 1. The number of fused-ring (bicyclic) bond motifs is 1. The molecule has 0 saturated carbocycles. The summed E-state index contributed by atoms with van der Waals surface area (Å²) in [6, 6.07) is 7.75. The van der Waals surface area contributed by atoms with E-state index in [1.807, 2.05) is 43.5 Å². The van der Waals surface area contributed by atoms with Crippen LogP contribution in [0.25, 0.3) is 11.0 Å².